The molecule has 0 saturated heterocycles. The van der Waals surface area contributed by atoms with Crippen LogP contribution in [0.2, 0.25) is 0 Å². The number of rotatable bonds is 3. The molecule has 3 heterocycles. The van der Waals surface area contributed by atoms with Crippen molar-refractivity contribution in [1.29, 1.82) is 5.26 Å². The van der Waals surface area contributed by atoms with Gasteiger partial charge in [-0.2, -0.15) is 5.26 Å². The predicted molar refractivity (Wildman–Crippen MR) is 89.1 cm³/mol. The van der Waals surface area contributed by atoms with E-state index in [-0.39, 0.29) is 10.8 Å². The summed E-state index contributed by atoms with van der Waals surface area (Å²) in [6.45, 7) is 1.80. The molecule has 3 aromatic rings. The first-order chi connectivity index (χ1) is 10.1. The second-order valence-electron chi connectivity index (χ2n) is 4.45. The van der Waals surface area contributed by atoms with E-state index in [0.717, 1.165) is 15.3 Å². The van der Waals surface area contributed by atoms with Crippen molar-refractivity contribution in [2.24, 2.45) is 7.05 Å². The minimum Gasteiger partial charge on any atom is -0.290 e. The van der Waals surface area contributed by atoms with Crippen molar-refractivity contribution in [3.05, 3.63) is 33.2 Å². The number of nitriles is 1. The molecule has 0 aliphatic rings. The third kappa shape index (κ3) is 2.50. The Morgan fingerprint density at radius 1 is 1.48 bits per heavy atom. The molecular formula is C14H11N3OS3. The second kappa shape index (κ2) is 5.64. The summed E-state index contributed by atoms with van der Waals surface area (Å²) in [7, 11) is 1.71. The van der Waals surface area contributed by atoms with E-state index < -0.39 is 0 Å². The van der Waals surface area contributed by atoms with E-state index in [1.807, 2.05) is 22.9 Å². The largest absolute Gasteiger partial charge is 0.290 e. The molecule has 7 heteroatoms. The van der Waals surface area contributed by atoms with Crippen molar-refractivity contribution < 1.29 is 0 Å². The Morgan fingerprint density at radius 3 is 2.95 bits per heavy atom. The van der Waals surface area contributed by atoms with Crippen LogP contribution in [0, 0.1) is 11.3 Å². The molecule has 3 rings (SSSR count). The molecule has 0 amide bonds. The topological polar surface area (TPSA) is 58.7 Å². The van der Waals surface area contributed by atoms with Gasteiger partial charge in [-0.3, -0.25) is 9.36 Å². The minimum atomic E-state index is -0.239. The van der Waals surface area contributed by atoms with E-state index in [4.69, 9.17) is 5.26 Å². The Balaban J connectivity index is 2.21. The SMILES string of the molecule is C[C@H](C#N)Sc1nc2scc(-c3cccs3)c2c(=O)n1C. The van der Waals surface area contributed by atoms with E-state index in [2.05, 4.69) is 11.1 Å². The number of nitrogens with zero attached hydrogens (tertiary/aromatic N) is 3. The third-order valence-electron chi connectivity index (χ3n) is 3.02. The average Bonchev–Trinajstić information content (AvgIpc) is 3.12. The van der Waals surface area contributed by atoms with E-state index >= 15 is 0 Å². The van der Waals surface area contributed by atoms with Gasteiger partial charge in [-0.05, 0) is 18.4 Å². The zero-order chi connectivity index (χ0) is 15.0. The fraction of sp³-hybridized carbons (Fsp3) is 0.214. The molecule has 4 nitrogen and oxygen atoms in total. The lowest BCUT2D eigenvalue weighted by Crippen LogP contribution is -2.20. The van der Waals surface area contributed by atoms with Crippen LogP contribution in [0.3, 0.4) is 0 Å². The first kappa shape index (κ1) is 14.3. The standard InChI is InChI=1S/C14H11N3OS3/c1-8(6-15)21-14-16-12-11(13(18)17(14)2)9(7-20-12)10-4-3-5-19-10/h3-5,7-8H,1-2H3/t8-/m1/s1. The Bertz CT molecular complexity index is 887. The Morgan fingerprint density at radius 2 is 2.29 bits per heavy atom. The van der Waals surface area contributed by atoms with Gasteiger partial charge in [-0.1, -0.05) is 17.8 Å². The van der Waals surface area contributed by atoms with Crippen molar-refractivity contribution in [2.45, 2.75) is 17.3 Å². The second-order valence-corrected chi connectivity index (χ2v) is 7.57. The summed E-state index contributed by atoms with van der Waals surface area (Å²) >= 11 is 4.39. The maximum Gasteiger partial charge on any atom is 0.263 e. The maximum atomic E-state index is 12.6. The summed E-state index contributed by atoms with van der Waals surface area (Å²) in [4.78, 5) is 19.0. The van der Waals surface area contributed by atoms with Gasteiger partial charge in [-0.15, -0.1) is 22.7 Å². The zero-order valence-electron chi connectivity index (χ0n) is 11.4. The van der Waals surface area contributed by atoms with Crippen LogP contribution in [-0.4, -0.2) is 14.8 Å². The van der Waals surface area contributed by atoms with Crippen LogP contribution in [0.5, 0.6) is 0 Å². The molecule has 0 spiro atoms. The van der Waals surface area contributed by atoms with Crippen LogP contribution in [0.25, 0.3) is 20.7 Å². The van der Waals surface area contributed by atoms with Gasteiger partial charge < -0.3 is 0 Å². The van der Waals surface area contributed by atoms with E-state index in [9.17, 15) is 4.79 Å². The lowest BCUT2D eigenvalue weighted by atomic mass is 10.2. The fourth-order valence-electron chi connectivity index (χ4n) is 1.96. The molecule has 3 aromatic heterocycles. The van der Waals surface area contributed by atoms with Gasteiger partial charge >= 0.3 is 0 Å². The number of hydrogen-bond donors (Lipinski definition) is 0. The molecule has 0 aliphatic heterocycles. The first-order valence-electron chi connectivity index (χ1n) is 6.20. The van der Waals surface area contributed by atoms with Gasteiger partial charge in [0.25, 0.3) is 5.56 Å². The quantitative estimate of drug-likeness (QED) is 0.541. The Labute approximate surface area is 133 Å². The van der Waals surface area contributed by atoms with Gasteiger partial charge in [0, 0.05) is 22.9 Å². The summed E-state index contributed by atoms with van der Waals surface area (Å²) in [6.07, 6.45) is 0. The molecule has 106 valence electrons. The molecule has 0 aliphatic carbocycles. The molecule has 21 heavy (non-hydrogen) atoms. The Hall–Kier alpha value is -1.62. The Kier molecular flexibility index (Phi) is 3.85. The number of thiophene rings is 2. The van der Waals surface area contributed by atoms with Crippen LogP contribution in [0.4, 0.5) is 0 Å². The van der Waals surface area contributed by atoms with E-state index in [1.165, 1.54) is 27.7 Å². The van der Waals surface area contributed by atoms with Crippen molar-refractivity contribution in [1.82, 2.24) is 9.55 Å². The van der Waals surface area contributed by atoms with Crippen LogP contribution in [-0.2, 0) is 7.05 Å². The van der Waals surface area contributed by atoms with Crippen LogP contribution < -0.4 is 5.56 Å². The highest BCUT2D eigenvalue weighted by Crippen LogP contribution is 2.34. The zero-order valence-corrected chi connectivity index (χ0v) is 13.8. The average molecular weight is 333 g/mol. The normalized spacial score (nSPS) is 12.4. The van der Waals surface area contributed by atoms with Gasteiger partial charge in [0.1, 0.15) is 4.83 Å². The summed E-state index contributed by atoms with van der Waals surface area (Å²) in [5.74, 6) is 0. The molecular weight excluding hydrogens is 322 g/mol. The highest BCUT2D eigenvalue weighted by atomic mass is 32.2. The molecule has 1 atom stereocenters. The lowest BCUT2D eigenvalue weighted by Gasteiger charge is -2.08. The van der Waals surface area contributed by atoms with Crippen LogP contribution >= 0.6 is 34.4 Å². The maximum absolute atomic E-state index is 12.6. The fourth-order valence-corrected chi connectivity index (χ4v) is 4.52. The molecule has 0 saturated carbocycles. The summed E-state index contributed by atoms with van der Waals surface area (Å²) in [5.41, 5.74) is 0.889. The van der Waals surface area contributed by atoms with E-state index in [1.54, 1.807) is 25.3 Å². The van der Waals surface area contributed by atoms with Crippen LogP contribution in [0.1, 0.15) is 6.92 Å². The molecule has 0 unspecified atom stereocenters. The number of hydrogen-bond acceptors (Lipinski definition) is 6. The highest BCUT2D eigenvalue weighted by molar-refractivity contribution is 8.00. The smallest absolute Gasteiger partial charge is 0.263 e. The van der Waals surface area contributed by atoms with E-state index in [0.29, 0.717) is 10.5 Å². The number of thioether (sulfide) groups is 1. The molecule has 0 radical (unpaired) electrons. The van der Waals surface area contributed by atoms with Crippen molar-refractivity contribution in [3.8, 4) is 16.5 Å². The summed E-state index contributed by atoms with van der Waals surface area (Å²) in [6, 6.07) is 6.13. The number of aromatic nitrogens is 2. The van der Waals surface area contributed by atoms with Crippen molar-refractivity contribution in [3.63, 3.8) is 0 Å². The highest BCUT2D eigenvalue weighted by Gasteiger charge is 2.17. The van der Waals surface area contributed by atoms with Gasteiger partial charge in [0.05, 0.1) is 16.7 Å². The first-order valence-corrected chi connectivity index (χ1v) is 8.84. The molecule has 0 fully saturated rings. The predicted octanol–water partition coefficient (Wildman–Crippen LogP) is 3.73. The molecule has 0 aromatic carbocycles. The molecule has 0 bridgehead atoms. The van der Waals surface area contributed by atoms with Gasteiger partial charge in [0.15, 0.2) is 5.16 Å². The number of fused-ring (bicyclic) bond motifs is 1. The van der Waals surface area contributed by atoms with Gasteiger partial charge in [-0.25, -0.2) is 4.98 Å². The molecule has 0 N–H and O–H groups in total. The monoisotopic (exact) mass is 333 g/mol. The minimum absolute atomic E-state index is 0.0581. The van der Waals surface area contributed by atoms with Gasteiger partial charge in [0.2, 0.25) is 0 Å². The van der Waals surface area contributed by atoms with Crippen molar-refractivity contribution in [2.75, 3.05) is 0 Å². The van der Waals surface area contributed by atoms with Crippen LogP contribution in [0.15, 0.2) is 32.8 Å². The van der Waals surface area contributed by atoms with Crippen molar-refractivity contribution >= 4 is 44.7 Å². The third-order valence-corrected chi connectivity index (χ3v) is 5.84. The summed E-state index contributed by atoms with van der Waals surface area (Å²) < 4.78 is 1.53. The lowest BCUT2D eigenvalue weighted by molar-refractivity contribution is 0.727. The summed E-state index contributed by atoms with van der Waals surface area (Å²) in [5, 5.41) is 13.9.